The van der Waals surface area contributed by atoms with Gasteiger partial charge < -0.3 is 5.32 Å². The summed E-state index contributed by atoms with van der Waals surface area (Å²) in [5, 5.41) is 6.05. The number of alkyl halides is 2. The van der Waals surface area contributed by atoms with Crippen molar-refractivity contribution in [2.45, 2.75) is 6.43 Å². The van der Waals surface area contributed by atoms with Crippen molar-refractivity contribution in [2.24, 2.45) is 7.05 Å². The summed E-state index contributed by atoms with van der Waals surface area (Å²) in [5.74, 6) is -3.55. The molecule has 4 nitrogen and oxygen atoms in total. The second-order valence-electron chi connectivity index (χ2n) is 5.65. The van der Waals surface area contributed by atoms with Crippen molar-refractivity contribution >= 4 is 23.2 Å². The van der Waals surface area contributed by atoms with Crippen molar-refractivity contribution in [1.29, 1.82) is 0 Å². The number of rotatable bonds is 4. The molecule has 1 aromatic heterocycles. The maximum atomic E-state index is 14.4. The van der Waals surface area contributed by atoms with Crippen molar-refractivity contribution in [3.63, 3.8) is 0 Å². The first-order valence-electron chi connectivity index (χ1n) is 7.65. The van der Waals surface area contributed by atoms with Gasteiger partial charge >= 0.3 is 0 Å². The highest BCUT2D eigenvalue weighted by molar-refractivity contribution is 6.30. The molecule has 0 unspecified atom stereocenters. The lowest BCUT2D eigenvalue weighted by molar-refractivity contribution is 0.101. The van der Waals surface area contributed by atoms with Crippen molar-refractivity contribution < 1.29 is 22.4 Å². The molecule has 27 heavy (non-hydrogen) atoms. The summed E-state index contributed by atoms with van der Waals surface area (Å²) >= 11 is 5.93. The number of nitrogens with one attached hydrogen (secondary N) is 1. The fourth-order valence-electron chi connectivity index (χ4n) is 2.59. The van der Waals surface area contributed by atoms with Crippen LogP contribution in [0.15, 0.2) is 42.6 Å². The zero-order valence-corrected chi connectivity index (χ0v) is 14.6. The Labute approximate surface area is 156 Å². The van der Waals surface area contributed by atoms with E-state index in [9.17, 15) is 22.4 Å². The van der Waals surface area contributed by atoms with Crippen LogP contribution in [0.3, 0.4) is 0 Å². The number of hydrogen-bond acceptors (Lipinski definition) is 2. The summed E-state index contributed by atoms with van der Waals surface area (Å²) in [7, 11) is 1.36. The highest BCUT2D eigenvalue weighted by atomic mass is 35.5. The topological polar surface area (TPSA) is 46.9 Å². The lowest BCUT2D eigenvalue weighted by Gasteiger charge is -2.13. The molecule has 0 saturated heterocycles. The minimum Gasteiger partial charge on any atom is -0.319 e. The van der Waals surface area contributed by atoms with E-state index in [1.807, 2.05) is 0 Å². The SMILES string of the molecule is Cn1cc(C(=O)Nc2c(-c3cccc(Cl)c3)ccc(F)c2F)c(C(F)F)n1. The zero-order chi connectivity index (χ0) is 19.7. The molecule has 1 amide bonds. The Morgan fingerprint density at radius 1 is 1.22 bits per heavy atom. The average Bonchev–Trinajstić information content (AvgIpc) is 3.01. The molecule has 0 atom stereocenters. The minimum absolute atomic E-state index is 0.146. The molecule has 1 N–H and O–H groups in total. The summed E-state index contributed by atoms with van der Waals surface area (Å²) in [6.07, 6.45) is -1.93. The van der Waals surface area contributed by atoms with E-state index in [-0.39, 0.29) is 5.56 Å². The van der Waals surface area contributed by atoms with Crippen LogP contribution in [0.1, 0.15) is 22.5 Å². The number of anilines is 1. The van der Waals surface area contributed by atoms with Gasteiger partial charge in [0.2, 0.25) is 0 Å². The molecule has 140 valence electrons. The van der Waals surface area contributed by atoms with Crippen LogP contribution in [0.25, 0.3) is 11.1 Å². The van der Waals surface area contributed by atoms with Crippen LogP contribution < -0.4 is 5.32 Å². The largest absolute Gasteiger partial charge is 0.319 e. The van der Waals surface area contributed by atoms with Crippen molar-refractivity contribution in [3.8, 4) is 11.1 Å². The monoisotopic (exact) mass is 397 g/mol. The quantitative estimate of drug-likeness (QED) is 0.614. The van der Waals surface area contributed by atoms with Gasteiger partial charge in [0.15, 0.2) is 11.6 Å². The number of carbonyl (C=O) groups excluding carboxylic acids is 1. The molecule has 0 aliphatic carbocycles. The van der Waals surface area contributed by atoms with E-state index in [0.717, 1.165) is 16.9 Å². The molecule has 3 aromatic rings. The molecule has 0 aliphatic heterocycles. The predicted octanol–water partition coefficient (Wildman–Crippen LogP) is 5.21. The van der Waals surface area contributed by atoms with E-state index in [0.29, 0.717) is 10.6 Å². The molecular formula is C18H12ClF4N3O. The number of aryl methyl sites for hydroxylation is 1. The van der Waals surface area contributed by atoms with Crippen LogP contribution in [0, 0.1) is 11.6 Å². The zero-order valence-electron chi connectivity index (χ0n) is 13.8. The number of nitrogens with zero attached hydrogens (tertiary/aromatic N) is 2. The van der Waals surface area contributed by atoms with E-state index >= 15 is 0 Å². The van der Waals surface area contributed by atoms with E-state index in [1.54, 1.807) is 18.2 Å². The Balaban J connectivity index is 2.07. The summed E-state index contributed by atoms with van der Waals surface area (Å²) in [6, 6.07) is 8.43. The molecule has 2 aromatic carbocycles. The molecule has 0 saturated carbocycles. The Bertz CT molecular complexity index is 1020. The number of benzene rings is 2. The van der Waals surface area contributed by atoms with E-state index in [2.05, 4.69) is 10.4 Å². The number of halogens is 5. The third-order valence-electron chi connectivity index (χ3n) is 3.78. The van der Waals surface area contributed by atoms with Crippen LogP contribution >= 0.6 is 11.6 Å². The smallest absolute Gasteiger partial charge is 0.282 e. The molecule has 0 fully saturated rings. The number of aromatic nitrogens is 2. The van der Waals surface area contributed by atoms with Crippen molar-refractivity contribution in [1.82, 2.24) is 9.78 Å². The van der Waals surface area contributed by atoms with Crippen LogP contribution in [0.2, 0.25) is 5.02 Å². The van der Waals surface area contributed by atoms with Crippen molar-refractivity contribution in [2.75, 3.05) is 5.32 Å². The summed E-state index contributed by atoms with van der Waals surface area (Å²) in [5.41, 5.74) is -1.11. The molecule has 9 heteroatoms. The molecule has 0 bridgehead atoms. The van der Waals surface area contributed by atoms with Crippen LogP contribution in [-0.2, 0) is 7.05 Å². The van der Waals surface area contributed by atoms with Gasteiger partial charge in [-0.2, -0.15) is 5.10 Å². The Hall–Kier alpha value is -2.87. The fourth-order valence-corrected chi connectivity index (χ4v) is 2.78. The van der Waals surface area contributed by atoms with E-state index in [4.69, 9.17) is 11.6 Å². The van der Waals surface area contributed by atoms with Crippen LogP contribution in [-0.4, -0.2) is 15.7 Å². The van der Waals surface area contributed by atoms with Gasteiger partial charge in [-0.25, -0.2) is 17.6 Å². The van der Waals surface area contributed by atoms with Gasteiger partial charge in [0.1, 0.15) is 5.69 Å². The second-order valence-corrected chi connectivity index (χ2v) is 6.09. The lowest BCUT2D eigenvalue weighted by atomic mass is 10.0. The van der Waals surface area contributed by atoms with Gasteiger partial charge in [-0.05, 0) is 29.8 Å². The first kappa shape index (κ1) is 18.9. The average molecular weight is 398 g/mol. The van der Waals surface area contributed by atoms with Gasteiger partial charge in [-0.1, -0.05) is 23.7 Å². The first-order chi connectivity index (χ1) is 12.8. The van der Waals surface area contributed by atoms with Gasteiger partial charge in [0, 0.05) is 23.8 Å². The van der Waals surface area contributed by atoms with Gasteiger partial charge in [-0.15, -0.1) is 0 Å². The van der Waals surface area contributed by atoms with Crippen molar-refractivity contribution in [3.05, 3.63) is 70.5 Å². The molecule has 0 spiro atoms. The standard InChI is InChI=1S/C18H12ClF4N3O/c1-26-8-12(16(25-26)17(22)23)18(27)24-15-11(5-6-13(20)14(15)21)9-3-2-4-10(19)7-9/h2-8,17H,1H3,(H,24,27). The van der Waals surface area contributed by atoms with Gasteiger partial charge in [0.25, 0.3) is 12.3 Å². The fraction of sp³-hybridized carbons (Fsp3) is 0.111. The normalized spacial score (nSPS) is 11.1. The minimum atomic E-state index is -3.00. The van der Waals surface area contributed by atoms with Crippen LogP contribution in [0.5, 0.6) is 0 Å². The Kier molecular flexibility index (Phi) is 5.18. The van der Waals surface area contributed by atoms with E-state index in [1.165, 1.54) is 19.2 Å². The Morgan fingerprint density at radius 2 is 1.96 bits per heavy atom. The first-order valence-corrected chi connectivity index (χ1v) is 8.02. The maximum absolute atomic E-state index is 14.4. The van der Waals surface area contributed by atoms with Gasteiger partial charge in [0.05, 0.1) is 11.3 Å². The molecule has 1 heterocycles. The number of hydrogen-bond donors (Lipinski definition) is 1. The summed E-state index contributed by atoms with van der Waals surface area (Å²) in [4.78, 5) is 12.5. The second kappa shape index (κ2) is 7.40. The Morgan fingerprint density at radius 3 is 2.63 bits per heavy atom. The highest BCUT2D eigenvalue weighted by Crippen LogP contribution is 2.34. The van der Waals surface area contributed by atoms with E-state index < -0.39 is 40.9 Å². The third kappa shape index (κ3) is 3.80. The van der Waals surface area contributed by atoms with Crippen LogP contribution in [0.4, 0.5) is 23.2 Å². The maximum Gasteiger partial charge on any atom is 0.282 e. The highest BCUT2D eigenvalue weighted by Gasteiger charge is 2.25. The molecule has 3 rings (SSSR count). The molecule has 0 radical (unpaired) electrons. The van der Waals surface area contributed by atoms with Gasteiger partial charge in [-0.3, -0.25) is 9.48 Å². The number of amides is 1. The number of carbonyl (C=O) groups is 1. The summed E-state index contributed by atoms with van der Waals surface area (Å²) in [6.45, 7) is 0. The predicted molar refractivity (Wildman–Crippen MR) is 92.9 cm³/mol. The molecular weight excluding hydrogens is 386 g/mol. The molecule has 0 aliphatic rings. The lowest BCUT2D eigenvalue weighted by Crippen LogP contribution is -2.16. The summed E-state index contributed by atoms with van der Waals surface area (Å²) < 4.78 is 55.3. The third-order valence-corrected chi connectivity index (χ3v) is 4.01.